The first kappa shape index (κ1) is 30.5. The summed E-state index contributed by atoms with van der Waals surface area (Å²) in [5.74, 6) is -0.327. The molecule has 3 heterocycles. The Hall–Kier alpha value is -4.99. The van der Waals surface area contributed by atoms with Crippen LogP contribution in [-0.4, -0.2) is 63.8 Å². The van der Waals surface area contributed by atoms with E-state index in [1.807, 2.05) is 36.4 Å². The number of para-hydroxylation sites is 1. The highest BCUT2D eigenvalue weighted by Crippen LogP contribution is 2.32. The Morgan fingerprint density at radius 1 is 1.02 bits per heavy atom. The summed E-state index contributed by atoms with van der Waals surface area (Å²) >= 11 is 0. The molecule has 1 fully saturated rings. The van der Waals surface area contributed by atoms with Crippen molar-refractivity contribution in [2.45, 2.75) is 51.1 Å². The van der Waals surface area contributed by atoms with Crippen molar-refractivity contribution in [1.82, 2.24) is 25.2 Å². The lowest BCUT2D eigenvalue weighted by Crippen LogP contribution is -2.50. The van der Waals surface area contributed by atoms with Gasteiger partial charge in [0.2, 0.25) is 5.91 Å². The molecule has 3 amide bonds. The van der Waals surface area contributed by atoms with Crippen molar-refractivity contribution in [3.05, 3.63) is 108 Å². The highest BCUT2D eigenvalue weighted by Gasteiger charge is 2.36. The highest BCUT2D eigenvalue weighted by atomic mass is 16.5. The third kappa shape index (κ3) is 6.64. The average Bonchev–Trinajstić information content (AvgIpc) is 3.59. The largest absolute Gasteiger partial charge is 0.496 e. The van der Waals surface area contributed by atoms with E-state index < -0.39 is 11.9 Å². The van der Waals surface area contributed by atoms with Crippen LogP contribution in [0.5, 0.6) is 5.75 Å². The van der Waals surface area contributed by atoms with E-state index in [1.54, 1.807) is 48.7 Å². The van der Waals surface area contributed by atoms with Crippen LogP contribution >= 0.6 is 0 Å². The number of carbonyl (C=O) groups excluding carboxylic acids is 3. The smallest absolute Gasteiger partial charge is 0.279 e. The summed E-state index contributed by atoms with van der Waals surface area (Å²) < 4.78 is 5.38. The Morgan fingerprint density at radius 2 is 1.75 bits per heavy atom. The molecule has 10 nitrogen and oxygen atoms in total. The number of methoxy groups -OCH3 is 1. The molecule has 2 aromatic carbocycles. The maximum atomic E-state index is 14.2. The summed E-state index contributed by atoms with van der Waals surface area (Å²) in [6.45, 7) is 7.31. The molecule has 1 aliphatic rings. The SMILES string of the molecule is COc1ccccc1C(=O)N1CCC(NC(=O)C(c2cccnc2)N(C(=O)c2c[nH]cn2)c2ccc(C(C)(C)C)cc2)CC1. The van der Waals surface area contributed by atoms with Gasteiger partial charge in [-0.25, -0.2) is 4.98 Å². The molecule has 0 saturated carbocycles. The predicted molar refractivity (Wildman–Crippen MR) is 168 cm³/mol. The Balaban J connectivity index is 1.40. The molecular formula is C34H38N6O4. The lowest BCUT2D eigenvalue weighted by molar-refractivity contribution is -0.123. The van der Waals surface area contributed by atoms with Crippen molar-refractivity contribution in [2.75, 3.05) is 25.1 Å². The zero-order valence-corrected chi connectivity index (χ0v) is 25.5. The second-order valence-electron chi connectivity index (χ2n) is 11.9. The van der Waals surface area contributed by atoms with Crippen LogP contribution in [0.1, 0.15) is 71.6 Å². The van der Waals surface area contributed by atoms with Crippen LogP contribution in [0.3, 0.4) is 0 Å². The van der Waals surface area contributed by atoms with Crippen molar-refractivity contribution >= 4 is 23.4 Å². The number of benzene rings is 2. The Labute approximate surface area is 257 Å². The van der Waals surface area contributed by atoms with Crippen LogP contribution in [-0.2, 0) is 10.2 Å². The minimum atomic E-state index is -1.01. The van der Waals surface area contributed by atoms with E-state index in [1.165, 1.54) is 17.4 Å². The Kier molecular flexibility index (Phi) is 9.08. The molecule has 1 saturated heterocycles. The number of ether oxygens (including phenoxy) is 1. The number of pyridine rings is 1. The number of H-pyrrole nitrogens is 1. The van der Waals surface area contributed by atoms with Crippen LogP contribution in [0, 0.1) is 0 Å². The monoisotopic (exact) mass is 594 g/mol. The first-order valence-electron chi connectivity index (χ1n) is 14.7. The van der Waals surface area contributed by atoms with E-state index in [-0.39, 0.29) is 29.0 Å². The molecule has 0 bridgehead atoms. The maximum absolute atomic E-state index is 14.2. The molecule has 2 N–H and O–H groups in total. The van der Waals surface area contributed by atoms with Crippen molar-refractivity contribution in [1.29, 1.82) is 0 Å². The number of nitrogens with zero attached hydrogens (tertiary/aromatic N) is 4. The molecule has 1 unspecified atom stereocenters. The number of hydrogen-bond donors (Lipinski definition) is 2. The zero-order valence-electron chi connectivity index (χ0n) is 25.5. The third-order valence-corrected chi connectivity index (χ3v) is 7.92. The van der Waals surface area contributed by atoms with Crippen LogP contribution in [0.4, 0.5) is 5.69 Å². The van der Waals surface area contributed by atoms with E-state index >= 15 is 0 Å². The Bertz CT molecular complexity index is 1570. The molecule has 44 heavy (non-hydrogen) atoms. The van der Waals surface area contributed by atoms with E-state index in [4.69, 9.17) is 4.74 Å². The van der Waals surface area contributed by atoms with Gasteiger partial charge in [0, 0.05) is 49.0 Å². The maximum Gasteiger partial charge on any atom is 0.279 e. The predicted octanol–water partition coefficient (Wildman–Crippen LogP) is 4.92. The number of carbonyl (C=O) groups is 3. The Morgan fingerprint density at radius 3 is 2.36 bits per heavy atom. The van der Waals surface area contributed by atoms with Gasteiger partial charge in [-0.05, 0) is 54.2 Å². The number of piperidine rings is 1. The van der Waals surface area contributed by atoms with Crippen molar-refractivity contribution < 1.29 is 19.1 Å². The zero-order chi connectivity index (χ0) is 31.3. The molecule has 4 aromatic rings. The summed E-state index contributed by atoms with van der Waals surface area (Å²) in [4.78, 5) is 56.0. The molecular weight excluding hydrogens is 556 g/mol. The van der Waals surface area contributed by atoms with Gasteiger partial charge in [0.1, 0.15) is 17.5 Å². The number of aromatic amines is 1. The van der Waals surface area contributed by atoms with Crippen LogP contribution < -0.4 is 15.0 Å². The number of amides is 3. The van der Waals surface area contributed by atoms with Crippen molar-refractivity contribution in [3.63, 3.8) is 0 Å². The fraction of sp³-hybridized carbons (Fsp3) is 0.324. The van der Waals surface area contributed by atoms with E-state index in [0.29, 0.717) is 48.5 Å². The van der Waals surface area contributed by atoms with Gasteiger partial charge in [0.05, 0.1) is 19.0 Å². The molecule has 1 aliphatic heterocycles. The van der Waals surface area contributed by atoms with Crippen LogP contribution in [0.25, 0.3) is 0 Å². The van der Waals surface area contributed by atoms with Crippen molar-refractivity contribution in [3.8, 4) is 5.75 Å². The molecule has 0 spiro atoms. The first-order valence-corrected chi connectivity index (χ1v) is 14.7. The van der Waals surface area contributed by atoms with E-state index in [2.05, 4.69) is 41.0 Å². The number of likely N-dealkylation sites (tertiary alicyclic amines) is 1. The quantitative estimate of drug-likeness (QED) is 0.299. The summed E-state index contributed by atoms with van der Waals surface area (Å²) in [6.07, 6.45) is 7.33. The fourth-order valence-corrected chi connectivity index (χ4v) is 5.46. The highest BCUT2D eigenvalue weighted by molar-refractivity contribution is 6.09. The topological polar surface area (TPSA) is 121 Å². The minimum Gasteiger partial charge on any atom is -0.496 e. The van der Waals surface area contributed by atoms with E-state index in [9.17, 15) is 14.4 Å². The first-order chi connectivity index (χ1) is 21.2. The summed E-state index contributed by atoms with van der Waals surface area (Å²) in [6, 6.07) is 17.2. The van der Waals surface area contributed by atoms with Gasteiger partial charge in [0.15, 0.2) is 0 Å². The molecule has 10 heteroatoms. The molecule has 0 aliphatic carbocycles. The average molecular weight is 595 g/mol. The summed E-state index contributed by atoms with van der Waals surface area (Å²) in [7, 11) is 1.55. The fourth-order valence-electron chi connectivity index (χ4n) is 5.46. The number of anilines is 1. The molecule has 0 radical (unpaired) electrons. The molecule has 1 atom stereocenters. The van der Waals surface area contributed by atoms with Gasteiger partial charge in [0.25, 0.3) is 11.8 Å². The third-order valence-electron chi connectivity index (χ3n) is 7.92. The lowest BCUT2D eigenvalue weighted by Gasteiger charge is -2.35. The number of aromatic nitrogens is 3. The normalized spacial score (nSPS) is 14.5. The van der Waals surface area contributed by atoms with E-state index in [0.717, 1.165) is 5.56 Å². The van der Waals surface area contributed by atoms with Gasteiger partial charge in [-0.15, -0.1) is 0 Å². The second kappa shape index (κ2) is 13.1. The standard InChI is InChI=1S/C34H38N6O4/c1-34(2,3)24-11-13-26(14-12-24)40(33(43)28-21-36-22-37-28)30(23-8-7-17-35-20-23)31(41)38-25-15-18-39(19-16-25)32(42)27-9-5-6-10-29(27)44-4/h5-14,17,20-22,25,30H,15-16,18-19H2,1-4H3,(H,36,37)(H,38,41). The summed E-state index contributed by atoms with van der Waals surface area (Å²) in [5, 5.41) is 3.17. The summed E-state index contributed by atoms with van der Waals surface area (Å²) in [5.41, 5.74) is 2.85. The second-order valence-corrected chi connectivity index (χ2v) is 11.9. The van der Waals surface area contributed by atoms with Gasteiger partial charge in [-0.3, -0.25) is 24.3 Å². The number of rotatable bonds is 8. The molecule has 228 valence electrons. The van der Waals surface area contributed by atoms with Crippen LogP contribution in [0.2, 0.25) is 0 Å². The lowest BCUT2D eigenvalue weighted by atomic mass is 9.87. The number of nitrogens with one attached hydrogen (secondary N) is 2. The van der Waals surface area contributed by atoms with Gasteiger partial charge in [-0.2, -0.15) is 0 Å². The number of hydrogen-bond acceptors (Lipinski definition) is 6. The van der Waals surface area contributed by atoms with Gasteiger partial charge in [-0.1, -0.05) is 51.1 Å². The number of imidazole rings is 1. The molecule has 5 rings (SSSR count). The minimum absolute atomic E-state index is 0.0857. The van der Waals surface area contributed by atoms with Gasteiger partial charge >= 0.3 is 0 Å². The van der Waals surface area contributed by atoms with Crippen LogP contribution in [0.15, 0.2) is 85.6 Å². The van der Waals surface area contributed by atoms with Gasteiger partial charge < -0.3 is 19.9 Å². The molecule has 2 aromatic heterocycles. The van der Waals surface area contributed by atoms with Crippen molar-refractivity contribution in [2.24, 2.45) is 0 Å².